The second-order valence-corrected chi connectivity index (χ2v) is 13.0. The summed E-state index contributed by atoms with van der Waals surface area (Å²) in [4.78, 5) is 13.0. The van der Waals surface area contributed by atoms with E-state index in [0.29, 0.717) is 5.82 Å². The molecule has 3 heterocycles. The molecule has 1 aliphatic heterocycles. The Morgan fingerprint density at radius 2 is 1.08 bits per heavy atom. The molecule has 236 valence electrons. The average Bonchev–Trinajstić information content (AvgIpc) is 3.71. The van der Waals surface area contributed by atoms with Gasteiger partial charge in [-0.15, -0.1) is 0 Å². The molecule has 1 aliphatic carbocycles. The van der Waals surface area contributed by atoms with Gasteiger partial charge in [-0.05, 0) is 35.9 Å². The fourth-order valence-electron chi connectivity index (χ4n) is 7.96. The topological polar surface area (TPSA) is 34.0 Å². The van der Waals surface area contributed by atoms with Gasteiger partial charge in [-0.1, -0.05) is 152 Å². The van der Waals surface area contributed by atoms with E-state index in [9.17, 15) is 0 Å². The first-order chi connectivity index (χ1) is 24.8. The molecule has 2 aromatic heterocycles. The van der Waals surface area contributed by atoms with Crippen LogP contribution in [0.25, 0.3) is 61.4 Å². The number of benzene rings is 6. The molecule has 2 unspecified atom stereocenters. The molecule has 2 atom stereocenters. The Morgan fingerprint density at radius 1 is 0.480 bits per heavy atom. The first-order valence-electron chi connectivity index (χ1n) is 17.2. The van der Waals surface area contributed by atoms with E-state index in [4.69, 9.17) is 9.97 Å². The number of aromatic nitrogens is 3. The number of hydrogen-bond acceptors (Lipinski definition) is 3. The lowest BCUT2D eigenvalue weighted by Gasteiger charge is -2.32. The van der Waals surface area contributed by atoms with Gasteiger partial charge in [0.25, 0.3) is 0 Å². The zero-order valence-corrected chi connectivity index (χ0v) is 27.3. The summed E-state index contributed by atoms with van der Waals surface area (Å²) in [5, 5.41) is 2.47. The molecule has 2 aliphatic rings. The highest BCUT2D eigenvalue weighted by Crippen LogP contribution is 2.52. The van der Waals surface area contributed by atoms with Gasteiger partial charge in [-0.3, -0.25) is 0 Å². The molecule has 0 bridgehead atoms. The van der Waals surface area contributed by atoms with Gasteiger partial charge in [-0.2, -0.15) is 0 Å². The number of rotatable bonds is 5. The van der Waals surface area contributed by atoms with E-state index in [1.807, 2.05) is 24.3 Å². The van der Waals surface area contributed by atoms with Crippen molar-refractivity contribution in [3.63, 3.8) is 0 Å². The first kappa shape index (κ1) is 28.5. The summed E-state index contributed by atoms with van der Waals surface area (Å²) < 4.78 is 2.44. The SMILES string of the molecule is C1=CC2c3ccccc3N(c3c(-c4cc(-c5ccccc5)nc(-c5ccccc5)n4)cccc3-n3c4ccccc4c4ccccc43)C2C=C1. The molecule has 0 N–H and O–H groups in total. The van der Waals surface area contributed by atoms with Gasteiger partial charge in [0.1, 0.15) is 0 Å². The summed E-state index contributed by atoms with van der Waals surface area (Å²) in [6.07, 6.45) is 9.07. The van der Waals surface area contributed by atoms with Gasteiger partial charge in [-0.25, -0.2) is 9.97 Å². The van der Waals surface area contributed by atoms with Crippen LogP contribution in [-0.2, 0) is 0 Å². The second-order valence-electron chi connectivity index (χ2n) is 13.0. The lowest BCUT2D eigenvalue weighted by atomic mass is 9.91. The van der Waals surface area contributed by atoms with Crippen LogP contribution in [0.4, 0.5) is 11.4 Å². The summed E-state index contributed by atoms with van der Waals surface area (Å²) in [7, 11) is 0. The normalized spacial score (nSPS) is 16.2. The van der Waals surface area contributed by atoms with Crippen LogP contribution in [0.5, 0.6) is 0 Å². The Kier molecular flexibility index (Phi) is 6.59. The quantitative estimate of drug-likeness (QED) is 0.188. The van der Waals surface area contributed by atoms with E-state index in [1.54, 1.807) is 0 Å². The van der Waals surface area contributed by atoms with Crippen LogP contribution >= 0.6 is 0 Å². The number of allylic oxidation sites excluding steroid dienone is 2. The van der Waals surface area contributed by atoms with Crippen LogP contribution in [-0.4, -0.2) is 20.6 Å². The molecule has 0 saturated carbocycles. The van der Waals surface area contributed by atoms with Crippen molar-refractivity contribution < 1.29 is 0 Å². The van der Waals surface area contributed by atoms with Gasteiger partial charge < -0.3 is 9.47 Å². The highest BCUT2D eigenvalue weighted by Gasteiger charge is 2.39. The van der Waals surface area contributed by atoms with Crippen LogP contribution in [0.1, 0.15) is 11.5 Å². The molecular weight excluding hydrogens is 609 g/mol. The smallest absolute Gasteiger partial charge is 0.160 e. The molecule has 4 heteroatoms. The summed E-state index contributed by atoms with van der Waals surface area (Å²) in [6, 6.07) is 56.0. The Balaban J connectivity index is 1.32. The molecule has 0 radical (unpaired) electrons. The van der Waals surface area contributed by atoms with Crippen LogP contribution < -0.4 is 4.90 Å². The molecule has 50 heavy (non-hydrogen) atoms. The summed E-state index contributed by atoms with van der Waals surface area (Å²) >= 11 is 0. The van der Waals surface area contributed by atoms with Crippen molar-refractivity contribution in [3.05, 3.63) is 188 Å². The third kappa shape index (κ3) is 4.46. The fraction of sp³-hybridized carbons (Fsp3) is 0.0435. The van der Waals surface area contributed by atoms with Crippen LogP contribution in [0, 0.1) is 0 Å². The van der Waals surface area contributed by atoms with E-state index in [0.717, 1.165) is 39.5 Å². The fourth-order valence-corrected chi connectivity index (χ4v) is 7.96. The maximum Gasteiger partial charge on any atom is 0.160 e. The number of anilines is 2. The van der Waals surface area contributed by atoms with Crippen molar-refractivity contribution in [1.29, 1.82) is 0 Å². The van der Waals surface area contributed by atoms with E-state index >= 15 is 0 Å². The Morgan fingerprint density at radius 3 is 1.84 bits per heavy atom. The molecule has 0 saturated heterocycles. The second kappa shape index (κ2) is 11.6. The number of nitrogens with zero attached hydrogens (tertiary/aromatic N) is 4. The minimum absolute atomic E-state index is 0.106. The lowest BCUT2D eigenvalue weighted by molar-refractivity contribution is 0.744. The molecular formula is C46H32N4. The zero-order valence-electron chi connectivity index (χ0n) is 27.3. The summed E-state index contributed by atoms with van der Waals surface area (Å²) in [5.74, 6) is 0.941. The Hall–Kier alpha value is -6.52. The van der Waals surface area contributed by atoms with E-state index in [-0.39, 0.29) is 12.0 Å². The predicted molar refractivity (Wildman–Crippen MR) is 206 cm³/mol. The molecule has 4 nitrogen and oxygen atoms in total. The van der Waals surface area contributed by atoms with Crippen LogP contribution in [0.2, 0.25) is 0 Å². The number of hydrogen-bond donors (Lipinski definition) is 0. The maximum atomic E-state index is 5.36. The lowest BCUT2D eigenvalue weighted by Crippen LogP contribution is -2.30. The largest absolute Gasteiger partial charge is 0.331 e. The molecule has 0 amide bonds. The van der Waals surface area contributed by atoms with E-state index in [1.165, 1.54) is 33.1 Å². The van der Waals surface area contributed by atoms with Crippen molar-refractivity contribution in [2.75, 3.05) is 4.90 Å². The van der Waals surface area contributed by atoms with Gasteiger partial charge in [0.2, 0.25) is 0 Å². The molecule has 10 rings (SSSR count). The minimum atomic E-state index is 0.106. The van der Waals surface area contributed by atoms with Gasteiger partial charge in [0, 0.05) is 39.1 Å². The van der Waals surface area contributed by atoms with E-state index < -0.39 is 0 Å². The van der Waals surface area contributed by atoms with Crippen LogP contribution in [0.3, 0.4) is 0 Å². The highest BCUT2D eigenvalue weighted by atomic mass is 15.2. The summed E-state index contributed by atoms with van der Waals surface area (Å²) in [5.41, 5.74) is 12.0. The Labute approximate surface area is 290 Å². The standard InChI is InChI=1S/C46H32N4/c1-3-16-31(17-4-1)38-30-39(48-46(47-38)32-18-5-2-6-19-32)37-24-15-29-44(49-40-25-11-7-20-33(40)34-21-8-12-26-41(34)49)45(37)50-42-27-13-9-22-35(42)36-23-10-14-28-43(36)50/h1-30,35,42H. The summed E-state index contributed by atoms with van der Waals surface area (Å²) in [6.45, 7) is 0. The monoisotopic (exact) mass is 640 g/mol. The first-order valence-corrected chi connectivity index (χ1v) is 17.2. The highest BCUT2D eigenvalue weighted by molar-refractivity contribution is 6.10. The van der Waals surface area contributed by atoms with Gasteiger partial charge in [0.15, 0.2) is 5.82 Å². The third-order valence-corrected chi connectivity index (χ3v) is 10.1. The van der Waals surface area contributed by atoms with Crippen molar-refractivity contribution in [3.8, 4) is 39.6 Å². The minimum Gasteiger partial charge on any atom is -0.331 e. The van der Waals surface area contributed by atoms with Crippen molar-refractivity contribution in [2.45, 2.75) is 12.0 Å². The zero-order chi connectivity index (χ0) is 33.0. The Bertz CT molecular complexity index is 2500. The predicted octanol–water partition coefficient (Wildman–Crippen LogP) is 11.3. The maximum absolute atomic E-state index is 5.36. The number of para-hydroxylation sites is 4. The number of fused-ring (bicyclic) bond motifs is 6. The molecule has 0 fully saturated rings. The van der Waals surface area contributed by atoms with Gasteiger partial charge >= 0.3 is 0 Å². The molecule has 0 spiro atoms. The van der Waals surface area contributed by atoms with E-state index in [2.05, 4.69) is 167 Å². The van der Waals surface area contributed by atoms with Crippen molar-refractivity contribution >= 4 is 33.2 Å². The average molecular weight is 641 g/mol. The van der Waals surface area contributed by atoms with Crippen molar-refractivity contribution in [1.82, 2.24) is 14.5 Å². The van der Waals surface area contributed by atoms with Crippen molar-refractivity contribution in [2.24, 2.45) is 0 Å². The third-order valence-electron chi connectivity index (χ3n) is 10.1. The van der Waals surface area contributed by atoms with Gasteiger partial charge in [0.05, 0.1) is 39.8 Å². The van der Waals surface area contributed by atoms with Crippen LogP contribution in [0.15, 0.2) is 182 Å². The molecule has 8 aromatic rings. The molecule has 6 aromatic carbocycles.